The van der Waals surface area contributed by atoms with E-state index in [2.05, 4.69) is 65.7 Å². The van der Waals surface area contributed by atoms with Gasteiger partial charge in [-0.25, -0.2) is 28.2 Å². The predicted octanol–water partition coefficient (Wildman–Crippen LogP) is -3.47. The van der Waals surface area contributed by atoms with Gasteiger partial charge in [-0.15, -0.1) is 23.2 Å². The number of nitrogens with zero attached hydrogens (tertiary/aromatic N) is 9. The second kappa shape index (κ2) is 47.6. The maximum atomic E-state index is 7.32. The molecular weight excluding hydrogens is 932 g/mol. The van der Waals surface area contributed by atoms with Gasteiger partial charge >= 0.3 is 0 Å². The molecule has 1 aliphatic rings. The first-order valence-corrected chi connectivity index (χ1v) is 22.5. The molecule has 0 unspecified atom stereocenters. The van der Waals surface area contributed by atoms with Gasteiger partial charge in [0.25, 0.3) is 0 Å². The van der Waals surface area contributed by atoms with Gasteiger partial charge in [-0.1, -0.05) is 0 Å². The number of imidazole rings is 4. The SMILES string of the molecule is CC#N.ClCCOCCOCCOCCCl.[Cl-].[Cl-].c1c[n+]2cn1CCOCCOCCn1cc[n+](c1)CCOCCOCCOCC2.c1cn(CCOCCOCCn2ccnc2)cn1. The lowest BCUT2D eigenvalue weighted by Crippen LogP contribution is -3.00. The number of nitriles is 1. The summed E-state index contributed by atoms with van der Waals surface area (Å²) in [4.78, 5) is 7.92. The number of aromatic nitrogens is 8. The van der Waals surface area contributed by atoms with E-state index in [1.54, 1.807) is 31.1 Å². The average molecular weight is 1000 g/mol. The molecule has 0 N–H and O–H groups in total. The highest BCUT2D eigenvalue weighted by Gasteiger charge is 2.06. The number of rotatable bonds is 19. The maximum absolute atomic E-state index is 7.32. The third-order valence-corrected chi connectivity index (χ3v) is 8.56. The number of alkyl halides is 2. The quantitative estimate of drug-likeness (QED) is 0.0517. The number of ether oxygens (including phenoxy) is 10. The summed E-state index contributed by atoms with van der Waals surface area (Å²) in [6, 6.07) is 1.75. The molecule has 19 nitrogen and oxygen atoms in total. The Bertz CT molecular complexity index is 1470. The highest BCUT2D eigenvalue weighted by molar-refractivity contribution is 6.18. The minimum atomic E-state index is 0. The molecule has 0 aliphatic carbocycles. The molecule has 65 heavy (non-hydrogen) atoms. The molecule has 4 aromatic rings. The molecule has 0 saturated heterocycles. The lowest BCUT2D eigenvalue weighted by atomic mass is 10.6. The van der Waals surface area contributed by atoms with Gasteiger partial charge in [0.1, 0.15) is 51.0 Å². The van der Waals surface area contributed by atoms with Crippen LogP contribution in [-0.2, 0) is 86.6 Å². The Labute approximate surface area is 407 Å². The molecule has 0 saturated carbocycles. The van der Waals surface area contributed by atoms with Crippen molar-refractivity contribution in [2.24, 2.45) is 0 Å². The summed E-state index contributed by atoms with van der Waals surface area (Å²) in [7, 11) is 0. The zero-order valence-electron chi connectivity index (χ0n) is 37.8. The minimum Gasteiger partial charge on any atom is -1.00 e. The van der Waals surface area contributed by atoms with Crippen LogP contribution in [0.5, 0.6) is 0 Å². The molecular formula is C42H71Cl4N9O10. The smallest absolute Gasteiger partial charge is 0.243 e. The summed E-state index contributed by atoms with van der Waals surface area (Å²) in [5, 5.41) is 7.32. The molecule has 5 heterocycles. The zero-order chi connectivity index (χ0) is 44.9. The van der Waals surface area contributed by atoms with Crippen LogP contribution >= 0.6 is 23.2 Å². The summed E-state index contributed by atoms with van der Waals surface area (Å²) in [5.74, 6) is 1.05. The van der Waals surface area contributed by atoms with Crippen molar-refractivity contribution in [1.29, 1.82) is 5.26 Å². The normalized spacial score (nSPS) is 14.1. The van der Waals surface area contributed by atoms with Crippen molar-refractivity contribution in [2.75, 3.05) is 144 Å². The molecule has 4 aromatic heterocycles. The highest BCUT2D eigenvalue weighted by atomic mass is 35.5. The topological polar surface area (TPSA) is 169 Å². The molecule has 1 aliphatic heterocycles. The Morgan fingerprint density at radius 2 is 0.862 bits per heavy atom. The van der Waals surface area contributed by atoms with E-state index in [0.717, 1.165) is 39.3 Å². The van der Waals surface area contributed by atoms with Crippen LogP contribution in [0.2, 0.25) is 0 Å². The molecule has 5 rings (SSSR count). The molecule has 0 radical (unpaired) electrons. The lowest BCUT2D eigenvalue weighted by molar-refractivity contribution is -0.698. The first-order valence-electron chi connectivity index (χ1n) is 21.4. The van der Waals surface area contributed by atoms with Gasteiger partial charge in [-0.2, -0.15) is 5.26 Å². The van der Waals surface area contributed by atoms with Crippen molar-refractivity contribution in [3.05, 3.63) is 74.9 Å². The first-order chi connectivity index (χ1) is 31.2. The van der Waals surface area contributed by atoms with Crippen LogP contribution in [0.25, 0.3) is 0 Å². The van der Waals surface area contributed by atoms with Gasteiger partial charge in [0.2, 0.25) is 12.7 Å². The Balaban J connectivity index is 0.000000978. The van der Waals surface area contributed by atoms with E-state index in [1.165, 1.54) is 6.92 Å². The number of hydrogen-bond donors (Lipinski definition) is 0. The summed E-state index contributed by atoms with van der Waals surface area (Å²) >= 11 is 10.8. The zero-order valence-corrected chi connectivity index (χ0v) is 40.9. The van der Waals surface area contributed by atoms with Crippen LogP contribution in [0.1, 0.15) is 6.92 Å². The van der Waals surface area contributed by atoms with Crippen molar-refractivity contribution in [2.45, 2.75) is 46.2 Å². The van der Waals surface area contributed by atoms with Gasteiger partial charge in [0.05, 0.1) is 151 Å². The first kappa shape index (κ1) is 62.1. The van der Waals surface area contributed by atoms with E-state index in [0.29, 0.717) is 144 Å². The third-order valence-electron chi connectivity index (χ3n) is 8.25. The van der Waals surface area contributed by atoms with Crippen molar-refractivity contribution in [1.82, 2.24) is 28.2 Å². The number of halogens is 4. The second-order valence-corrected chi connectivity index (χ2v) is 13.9. The van der Waals surface area contributed by atoms with Crippen molar-refractivity contribution >= 4 is 23.2 Å². The summed E-state index contributed by atoms with van der Waals surface area (Å²) in [6.45, 7) is 18.8. The van der Waals surface area contributed by atoms with Crippen LogP contribution in [0.15, 0.2) is 74.9 Å². The van der Waals surface area contributed by atoms with E-state index in [4.69, 9.17) is 75.8 Å². The standard InChI is InChI=1S/C20H34N4O5.C12H18N4O2.C8H16Cl2O3.C2H3N.2ClH/c1-3-23-7-11-27-15-17-29-18-16-28-12-8-24-4-2-22(20-24)6-10-26-14-13-25-9-5-21(1)19-23;1-3-15(11-13-1)5-7-17-9-10-18-8-6-16-4-2-14-12-16;9-1-3-11-5-7-13-8-6-12-4-2-10;1-2-3;;/h1-4,19-20H,5-18H2;1-4,11-12H,5-10H2;1-8H2;1H3;2*1H/q+2;;;;;/p-2. The van der Waals surface area contributed by atoms with Crippen LogP contribution in [0.3, 0.4) is 0 Å². The van der Waals surface area contributed by atoms with Crippen LogP contribution in [0, 0.1) is 11.3 Å². The van der Waals surface area contributed by atoms with Gasteiger partial charge in [-0.3, -0.25) is 0 Å². The second-order valence-electron chi connectivity index (χ2n) is 13.1. The molecule has 372 valence electrons. The number of hydrogen-bond acceptors (Lipinski definition) is 13. The Kier molecular flexibility index (Phi) is 45.4. The fraction of sp³-hybridized carbons (Fsp3) is 0.690. The molecule has 0 aromatic carbocycles. The van der Waals surface area contributed by atoms with Crippen molar-refractivity contribution in [3.63, 3.8) is 0 Å². The van der Waals surface area contributed by atoms with Gasteiger partial charge in [0.15, 0.2) is 0 Å². The molecule has 0 atom stereocenters. The van der Waals surface area contributed by atoms with E-state index < -0.39 is 0 Å². The van der Waals surface area contributed by atoms with Crippen LogP contribution in [0.4, 0.5) is 0 Å². The van der Waals surface area contributed by atoms with Crippen LogP contribution < -0.4 is 33.9 Å². The lowest BCUT2D eigenvalue weighted by Gasteiger charge is -2.06. The summed E-state index contributed by atoms with van der Waals surface area (Å²) in [5.41, 5.74) is 0. The third kappa shape index (κ3) is 37.8. The molecule has 4 bridgehead atoms. The molecule has 0 fully saturated rings. The number of fused-ring (bicyclic) bond motifs is 4. The fourth-order valence-electron chi connectivity index (χ4n) is 5.10. The van der Waals surface area contributed by atoms with E-state index in [1.807, 2.05) is 21.5 Å². The monoisotopic (exact) mass is 1000 g/mol. The van der Waals surface area contributed by atoms with E-state index in [-0.39, 0.29) is 24.8 Å². The largest absolute Gasteiger partial charge is 1.00 e. The maximum Gasteiger partial charge on any atom is 0.243 e. The average Bonchev–Trinajstić information content (AvgIpc) is 4.15. The van der Waals surface area contributed by atoms with E-state index >= 15 is 0 Å². The highest BCUT2D eigenvalue weighted by Crippen LogP contribution is 1.92. The summed E-state index contributed by atoms with van der Waals surface area (Å²) in [6.07, 6.45) is 23.3. The Hall–Kier alpha value is -2.91. The van der Waals surface area contributed by atoms with Crippen LogP contribution in [-0.4, -0.2) is 172 Å². The molecule has 0 amide bonds. The van der Waals surface area contributed by atoms with Gasteiger partial charge in [0, 0.05) is 56.6 Å². The predicted molar refractivity (Wildman–Crippen MR) is 235 cm³/mol. The van der Waals surface area contributed by atoms with Crippen molar-refractivity contribution in [3.8, 4) is 6.07 Å². The minimum absolute atomic E-state index is 0. The summed E-state index contributed by atoms with van der Waals surface area (Å²) < 4.78 is 66.8. The van der Waals surface area contributed by atoms with Gasteiger partial charge in [-0.05, 0) is 0 Å². The molecule has 23 heteroatoms. The Morgan fingerprint density at radius 3 is 1.22 bits per heavy atom. The van der Waals surface area contributed by atoms with Gasteiger partial charge < -0.3 is 81.3 Å². The van der Waals surface area contributed by atoms with Crippen molar-refractivity contribution < 1.29 is 81.3 Å². The fourth-order valence-corrected chi connectivity index (χ4v) is 5.32. The Morgan fingerprint density at radius 1 is 0.523 bits per heavy atom. The molecule has 0 spiro atoms. The van der Waals surface area contributed by atoms with E-state index in [9.17, 15) is 0 Å².